The van der Waals surface area contributed by atoms with E-state index in [9.17, 15) is 9.18 Å². The number of aryl methyl sites for hydroxylation is 1. The van der Waals surface area contributed by atoms with Crippen molar-refractivity contribution in [2.75, 3.05) is 6.61 Å². The SMILES string of the molecule is CCOC(=O)Cn1c(C(C)Cl)nc2cc(F)c(C)cc21. The number of fused-ring (bicyclic) bond motifs is 1. The minimum Gasteiger partial charge on any atom is -0.465 e. The third kappa shape index (κ3) is 2.77. The fraction of sp³-hybridized carbons (Fsp3) is 0.429. The molecular formula is C14H16ClFN2O2. The number of esters is 1. The van der Waals surface area contributed by atoms with Crippen LogP contribution in [0.2, 0.25) is 0 Å². The van der Waals surface area contributed by atoms with E-state index in [-0.39, 0.29) is 23.7 Å². The van der Waals surface area contributed by atoms with Gasteiger partial charge >= 0.3 is 5.97 Å². The number of imidazole rings is 1. The Morgan fingerprint density at radius 3 is 2.85 bits per heavy atom. The summed E-state index contributed by atoms with van der Waals surface area (Å²) in [6.45, 7) is 5.50. The minimum absolute atomic E-state index is 0.0157. The van der Waals surface area contributed by atoms with Gasteiger partial charge in [-0.3, -0.25) is 4.79 Å². The molecule has 0 aliphatic rings. The Bertz CT molecular complexity index is 652. The Balaban J connectivity index is 2.56. The molecule has 1 heterocycles. The van der Waals surface area contributed by atoms with Gasteiger partial charge in [0, 0.05) is 6.07 Å². The normalized spacial score (nSPS) is 12.7. The largest absolute Gasteiger partial charge is 0.465 e. The highest BCUT2D eigenvalue weighted by Crippen LogP contribution is 2.26. The van der Waals surface area contributed by atoms with E-state index in [2.05, 4.69) is 4.98 Å². The van der Waals surface area contributed by atoms with Crippen LogP contribution in [0.25, 0.3) is 11.0 Å². The van der Waals surface area contributed by atoms with Gasteiger partial charge in [-0.05, 0) is 32.4 Å². The predicted octanol–water partition coefficient (Wildman–Crippen LogP) is 3.35. The molecule has 0 aliphatic carbocycles. The monoisotopic (exact) mass is 298 g/mol. The number of ether oxygens (including phenoxy) is 1. The van der Waals surface area contributed by atoms with Gasteiger partial charge in [-0.2, -0.15) is 0 Å². The van der Waals surface area contributed by atoms with Gasteiger partial charge in [0.25, 0.3) is 0 Å². The summed E-state index contributed by atoms with van der Waals surface area (Å²) in [5.74, 6) is -0.167. The van der Waals surface area contributed by atoms with Crippen molar-refractivity contribution < 1.29 is 13.9 Å². The number of carbonyl (C=O) groups is 1. The summed E-state index contributed by atoms with van der Waals surface area (Å²) in [6.07, 6.45) is 0. The maximum absolute atomic E-state index is 13.6. The zero-order valence-corrected chi connectivity index (χ0v) is 12.4. The van der Waals surface area contributed by atoms with E-state index in [0.717, 1.165) is 0 Å². The van der Waals surface area contributed by atoms with Crippen molar-refractivity contribution in [1.82, 2.24) is 9.55 Å². The van der Waals surface area contributed by atoms with Crippen LogP contribution in [0, 0.1) is 12.7 Å². The van der Waals surface area contributed by atoms with Gasteiger partial charge in [-0.25, -0.2) is 9.37 Å². The lowest BCUT2D eigenvalue weighted by Crippen LogP contribution is -2.15. The Hall–Kier alpha value is -1.62. The smallest absolute Gasteiger partial charge is 0.326 e. The predicted molar refractivity (Wildman–Crippen MR) is 75.3 cm³/mol. The first-order chi connectivity index (χ1) is 9.43. The standard InChI is InChI=1S/C14H16ClFN2O2/c1-4-20-13(19)7-18-12-5-8(2)10(16)6-11(12)17-14(18)9(3)15/h5-6,9H,4,7H2,1-3H3. The van der Waals surface area contributed by atoms with Crippen LogP contribution in [0.5, 0.6) is 0 Å². The highest BCUT2D eigenvalue weighted by molar-refractivity contribution is 6.20. The number of carbonyl (C=O) groups excluding carboxylic acids is 1. The second kappa shape index (κ2) is 5.79. The average molecular weight is 299 g/mol. The van der Waals surface area contributed by atoms with E-state index in [0.29, 0.717) is 29.0 Å². The molecule has 1 aromatic heterocycles. The third-order valence-corrected chi connectivity index (χ3v) is 3.20. The van der Waals surface area contributed by atoms with Gasteiger partial charge < -0.3 is 9.30 Å². The highest BCUT2D eigenvalue weighted by atomic mass is 35.5. The summed E-state index contributed by atoms with van der Waals surface area (Å²) >= 11 is 6.09. The molecule has 0 spiro atoms. The molecule has 1 unspecified atom stereocenters. The Labute approximate surface area is 121 Å². The van der Waals surface area contributed by atoms with Gasteiger partial charge in [-0.15, -0.1) is 11.6 Å². The van der Waals surface area contributed by atoms with Crippen molar-refractivity contribution in [2.24, 2.45) is 0 Å². The van der Waals surface area contributed by atoms with E-state index >= 15 is 0 Å². The Kier molecular flexibility index (Phi) is 4.28. The van der Waals surface area contributed by atoms with E-state index in [1.54, 1.807) is 31.4 Å². The number of rotatable bonds is 4. The van der Waals surface area contributed by atoms with Crippen LogP contribution < -0.4 is 0 Å². The quantitative estimate of drug-likeness (QED) is 0.642. The lowest BCUT2D eigenvalue weighted by molar-refractivity contribution is -0.143. The highest BCUT2D eigenvalue weighted by Gasteiger charge is 2.18. The van der Waals surface area contributed by atoms with Gasteiger partial charge in [-0.1, -0.05) is 0 Å². The first-order valence-corrected chi connectivity index (χ1v) is 6.83. The van der Waals surface area contributed by atoms with Crippen molar-refractivity contribution in [1.29, 1.82) is 0 Å². The molecule has 1 atom stereocenters. The number of hydrogen-bond donors (Lipinski definition) is 0. The van der Waals surface area contributed by atoms with E-state index < -0.39 is 0 Å². The maximum Gasteiger partial charge on any atom is 0.326 e. The lowest BCUT2D eigenvalue weighted by Gasteiger charge is -2.10. The van der Waals surface area contributed by atoms with Gasteiger partial charge in [0.15, 0.2) is 0 Å². The summed E-state index contributed by atoms with van der Waals surface area (Å²) in [4.78, 5) is 16.0. The van der Waals surface area contributed by atoms with Crippen LogP contribution in [0.4, 0.5) is 4.39 Å². The molecule has 2 aromatic rings. The zero-order valence-electron chi connectivity index (χ0n) is 11.6. The molecule has 108 valence electrons. The summed E-state index contributed by atoms with van der Waals surface area (Å²) in [6, 6.07) is 3.02. The first-order valence-electron chi connectivity index (χ1n) is 6.40. The fourth-order valence-electron chi connectivity index (χ4n) is 2.07. The second-order valence-corrected chi connectivity index (χ2v) is 5.22. The van der Waals surface area contributed by atoms with Crippen molar-refractivity contribution in [2.45, 2.75) is 32.7 Å². The lowest BCUT2D eigenvalue weighted by atomic mass is 10.2. The molecular weight excluding hydrogens is 283 g/mol. The van der Waals surface area contributed by atoms with Gasteiger partial charge in [0.05, 0.1) is 23.0 Å². The van der Waals surface area contributed by atoms with Crippen LogP contribution in [0.15, 0.2) is 12.1 Å². The number of halogens is 2. The second-order valence-electron chi connectivity index (χ2n) is 4.57. The zero-order chi connectivity index (χ0) is 14.9. The number of hydrogen-bond acceptors (Lipinski definition) is 3. The molecule has 20 heavy (non-hydrogen) atoms. The number of aromatic nitrogens is 2. The van der Waals surface area contributed by atoms with E-state index in [4.69, 9.17) is 16.3 Å². The van der Waals surface area contributed by atoms with Crippen molar-refractivity contribution in [3.63, 3.8) is 0 Å². The van der Waals surface area contributed by atoms with E-state index in [1.807, 2.05) is 0 Å². The van der Waals surface area contributed by atoms with Crippen molar-refractivity contribution in [3.8, 4) is 0 Å². The number of alkyl halides is 1. The Morgan fingerprint density at radius 2 is 2.25 bits per heavy atom. The van der Waals surface area contributed by atoms with Crippen LogP contribution in [0.3, 0.4) is 0 Å². The van der Waals surface area contributed by atoms with Crippen LogP contribution in [-0.4, -0.2) is 22.1 Å². The summed E-state index contributed by atoms with van der Waals surface area (Å²) in [7, 11) is 0. The van der Waals surface area contributed by atoms with E-state index in [1.165, 1.54) is 6.07 Å². The maximum atomic E-state index is 13.6. The molecule has 0 fully saturated rings. The van der Waals surface area contributed by atoms with Gasteiger partial charge in [0.1, 0.15) is 18.2 Å². The van der Waals surface area contributed by atoms with Crippen molar-refractivity contribution in [3.05, 3.63) is 29.3 Å². The summed E-state index contributed by atoms with van der Waals surface area (Å²) in [5.41, 5.74) is 1.66. The summed E-state index contributed by atoms with van der Waals surface area (Å²) < 4.78 is 20.2. The number of nitrogens with zero attached hydrogens (tertiary/aromatic N) is 2. The molecule has 0 aliphatic heterocycles. The Morgan fingerprint density at radius 1 is 1.55 bits per heavy atom. The molecule has 1 aromatic carbocycles. The van der Waals surface area contributed by atoms with Crippen LogP contribution >= 0.6 is 11.6 Å². The summed E-state index contributed by atoms with van der Waals surface area (Å²) in [5, 5.41) is -0.389. The molecule has 0 saturated carbocycles. The molecule has 2 rings (SSSR count). The molecule has 0 saturated heterocycles. The van der Waals surface area contributed by atoms with Gasteiger partial charge in [0.2, 0.25) is 0 Å². The average Bonchev–Trinajstić information content (AvgIpc) is 2.69. The molecule has 0 bridgehead atoms. The molecule has 6 heteroatoms. The first kappa shape index (κ1) is 14.8. The molecule has 0 radical (unpaired) electrons. The minimum atomic E-state index is -0.389. The molecule has 0 N–H and O–H groups in total. The molecule has 4 nitrogen and oxygen atoms in total. The third-order valence-electron chi connectivity index (χ3n) is 3.01. The van der Waals surface area contributed by atoms with Crippen LogP contribution in [0.1, 0.15) is 30.6 Å². The van der Waals surface area contributed by atoms with Crippen molar-refractivity contribution >= 4 is 28.6 Å². The fourth-order valence-corrected chi connectivity index (χ4v) is 2.24. The topological polar surface area (TPSA) is 44.1 Å². The van der Waals surface area contributed by atoms with Crippen LogP contribution in [-0.2, 0) is 16.1 Å². The molecule has 0 amide bonds. The number of benzene rings is 1.